The van der Waals surface area contributed by atoms with E-state index in [0.29, 0.717) is 5.84 Å². The average molecular weight is 286 g/mol. The van der Waals surface area contributed by atoms with E-state index in [4.69, 9.17) is 5.41 Å². The first-order valence-corrected chi connectivity index (χ1v) is 7.30. The van der Waals surface area contributed by atoms with Crippen LogP contribution in [0.3, 0.4) is 0 Å². The van der Waals surface area contributed by atoms with Gasteiger partial charge in [0.1, 0.15) is 5.84 Å². The van der Waals surface area contributed by atoms with Crippen LogP contribution in [-0.2, 0) is 0 Å². The Morgan fingerprint density at radius 2 is 1.14 bits per heavy atom. The van der Waals surface area contributed by atoms with Gasteiger partial charge in [-0.2, -0.15) is 0 Å². The maximum Gasteiger partial charge on any atom is 0.125 e. The maximum atomic E-state index is 8.09. The van der Waals surface area contributed by atoms with Crippen molar-refractivity contribution >= 4 is 5.84 Å². The van der Waals surface area contributed by atoms with Crippen LogP contribution in [0.5, 0.6) is 0 Å². The molecule has 0 fully saturated rings. The summed E-state index contributed by atoms with van der Waals surface area (Å²) < 4.78 is 0. The molecule has 0 bridgehead atoms. The summed E-state index contributed by atoms with van der Waals surface area (Å²) in [6.45, 7) is 0. The van der Waals surface area contributed by atoms with Crippen LogP contribution < -0.4 is 5.32 Å². The van der Waals surface area contributed by atoms with Gasteiger partial charge in [-0.3, -0.25) is 5.41 Å². The third-order valence-electron chi connectivity index (χ3n) is 3.69. The summed E-state index contributed by atoms with van der Waals surface area (Å²) in [5, 5.41) is 11.0. The summed E-state index contributed by atoms with van der Waals surface area (Å²) in [6.07, 6.45) is 0. The van der Waals surface area contributed by atoms with Crippen LogP contribution >= 0.6 is 0 Å². The predicted molar refractivity (Wildman–Crippen MR) is 93.2 cm³/mol. The Morgan fingerprint density at radius 1 is 0.682 bits per heavy atom. The van der Waals surface area contributed by atoms with Crippen molar-refractivity contribution in [1.29, 1.82) is 5.41 Å². The lowest BCUT2D eigenvalue weighted by Gasteiger charge is -2.11. The van der Waals surface area contributed by atoms with Gasteiger partial charge in [0.15, 0.2) is 0 Å². The van der Waals surface area contributed by atoms with E-state index < -0.39 is 0 Å². The molecule has 108 valence electrons. The molecule has 2 nitrogen and oxygen atoms in total. The van der Waals surface area contributed by atoms with Gasteiger partial charge in [-0.1, -0.05) is 60.7 Å². The molecule has 0 aromatic heterocycles. The second-order valence-electron chi connectivity index (χ2n) is 5.16. The van der Waals surface area contributed by atoms with Crippen molar-refractivity contribution in [2.75, 3.05) is 7.05 Å². The third-order valence-corrected chi connectivity index (χ3v) is 3.69. The minimum Gasteiger partial charge on any atom is -0.373 e. The first-order valence-electron chi connectivity index (χ1n) is 7.30. The van der Waals surface area contributed by atoms with Crippen molar-refractivity contribution in [2.24, 2.45) is 0 Å². The fourth-order valence-electron chi connectivity index (χ4n) is 2.51. The van der Waals surface area contributed by atoms with Crippen molar-refractivity contribution in [3.8, 4) is 22.3 Å². The molecule has 0 amide bonds. The van der Waals surface area contributed by atoms with Crippen LogP contribution in [0.25, 0.3) is 22.3 Å². The Morgan fingerprint density at radius 3 is 1.55 bits per heavy atom. The zero-order valence-electron chi connectivity index (χ0n) is 12.5. The smallest absolute Gasteiger partial charge is 0.125 e. The van der Waals surface area contributed by atoms with Gasteiger partial charge in [-0.15, -0.1) is 0 Å². The van der Waals surface area contributed by atoms with Gasteiger partial charge in [0.05, 0.1) is 0 Å². The average Bonchev–Trinajstić information content (AvgIpc) is 2.62. The molecule has 0 radical (unpaired) electrons. The van der Waals surface area contributed by atoms with Crippen LogP contribution in [0.1, 0.15) is 5.56 Å². The van der Waals surface area contributed by atoms with E-state index in [1.54, 1.807) is 7.05 Å². The zero-order chi connectivity index (χ0) is 15.4. The second-order valence-corrected chi connectivity index (χ2v) is 5.16. The highest BCUT2D eigenvalue weighted by Crippen LogP contribution is 2.28. The standard InChI is InChI=1S/C20H18N2/c1-22-20(21)19-13-17(15-8-4-2-5-9-15)12-18(14-19)16-10-6-3-7-11-16/h2-14H,1H3,(H2,21,22). The lowest BCUT2D eigenvalue weighted by Crippen LogP contribution is -2.17. The first-order chi connectivity index (χ1) is 10.8. The normalized spacial score (nSPS) is 10.2. The molecule has 0 unspecified atom stereocenters. The van der Waals surface area contributed by atoms with E-state index in [1.807, 2.05) is 36.4 Å². The van der Waals surface area contributed by atoms with Gasteiger partial charge in [-0.25, -0.2) is 0 Å². The maximum absolute atomic E-state index is 8.09. The van der Waals surface area contributed by atoms with Crippen molar-refractivity contribution in [3.63, 3.8) is 0 Å². The molecule has 0 saturated carbocycles. The molecule has 0 heterocycles. The monoisotopic (exact) mass is 286 g/mol. The number of benzene rings is 3. The van der Waals surface area contributed by atoms with E-state index in [2.05, 4.69) is 47.8 Å². The minimum atomic E-state index is 0.426. The van der Waals surface area contributed by atoms with E-state index >= 15 is 0 Å². The van der Waals surface area contributed by atoms with Crippen LogP contribution in [0, 0.1) is 5.41 Å². The fraction of sp³-hybridized carbons (Fsp3) is 0.0500. The van der Waals surface area contributed by atoms with Crippen molar-refractivity contribution in [1.82, 2.24) is 5.32 Å². The van der Waals surface area contributed by atoms with Crippen LogP contribution in [0.4, 0.5) is 0 Å². The summed E-state index contributed by atoms with van der Waals surface area (Å²) in [6, 6.07) is 26.8. The molecular formula is C20H18N2. The summed E-state index contributed by atoms with van der Waals surface area (Å²) >= 11 is 0. The van der Waals surface area contributed by atoms with Crippen molar-refractivity contribution in [3.05, 3.63) is 84.4 Å². The second kappa shape index (κ2) is 6.27. The largest absolute Gasteiger partial charge is 0.373 e. The molecule has 0 atom stereocenters. The van der Waals surface area contributed by atoms with Crippen molar-refractivity contribution in [2.45, 2.75) is 0 Å². The quantitative estimate of drug-likeness (QED) is 0.537. The van der Waals surface area contributed by atoms with E-state index in [1.165, 1.54) is 0 Å². The number of rotatable bonds is 3. The van der Waals surface area contributed by atoms with Gasteiger partial charge in [0, 0.05) is 12.6 Å². The number of amidine groups is 1. The van der Waals surface area contributed by atoms with Gasteiger partial charge in [0.2, 0.25) is 0 Å². The van der Waals surface area contributed by atoms with E-state index in [0.717, 1.165) is 27.8 Å². The van der Waals surface area contributed by atoms with Crippen LogP contribution in [0.2, 0.25) is 0 Å². The van der Waals surface area contributed by atoms with Crippen LogP contribution in [-0.4, -0.2) is 12.9 Å². The summed E-state index contributed by atoms with van der Waals surface area (Å²) in [4.78, 5) is 0. The van der Waals surface area contributed by atoms with Crippen molar-refractivity contribution < 1.29 is 0 Å². The fourth-order valence-corrected chi connectivity index (χ4v) is 2.51. The number of nitrogens with one attached hydrogen (secondary N) is 2. The minimum absolute atomic E-state index is 0.426. The van der Waals surface area contributed by atoms with Gasteiger partial charge < -0.3 is 5.32 Å². The molecule has 2 heteroatoms. The molecule has 0 aliphatic carbocycles. The van der Waals surface area contributed by atoms with E-state index in [9.17, 15) is 0 Å². The molecule has 3 rings (SSSR count). The Bertz CT molecular complexity index is 720. The highest BCUT2D eigenvalue weighted by Gasteiger charge is 2.07. The number of hydrogen-bond donors (Lipinski definition) is 2. The SMILES string of the molecule is CNC(=N)c1cc(-c2ccccc2)cc(-c2ccccc2)c1. The van der Waals surface area contributed by atoms with Gasteiger partial charge in [-0.05, 0) is 40.5 Å². The molecule has 2 N–H and O–H groups in total. The van der Waals surface area contributed by atoms with E-state index in [-0.39, 0.29) is 0 Å². The first kappa shape index (κ1) is 14.1. The Kier molecular flexibility index (Phi) is 4.01. The Hall–Kier alpha value is -2.87. The molecule has 0 spiro atoms. The molecule has 22 heavy (non-hydrogen) atoms. The lowest BCUT2D eigenvalue weighted by molar-refractivity contribution is 1.14. The number of hydrogen-bond acceptors (Lipinski definition) is 1. The topological polar surface area (TPSA) is 35.9 Å². The summed E-state index contributed by atoms with van der Waals surface area (Å²) in [5.74, 6) is 0.426. The molecular weight excluding hydrogens is 268 g/mol. The Labute approximate surface area is 131 Å². The molecule has 0 aliphatic heterocycles. The molecule has 3 aromatic carbocycles. The summed E-state index contributed by atoms with van der Waals surface area (Å²) in [7, 11) is 1.78. The Balaban J connectivity index is 2.17. The third kappa shape index (κ3) is 2.91. The lowest BCUT2D eigenvalue weighted by atomic mass is 9.96. The highest BCUT2D eigenvalue weighted by atomic mass is 14.9. The zero-order valence-corrected chi connectivity index (χ0v) is 12.5. The summed E-state index contributed by atoms with van der Waals surface area (Å²) in [5.41, 5.74) is 5.45. The predicted octanol–water partition coefficient (Wildman–Crippen LogP) is 4.57. The van der Waals surface area contributed by atoms with Crippen LogP contribution in [0.15, 0.2) is 78.9 Å². The molecule has 3 aromatic rings. The highest BCUT2D eigenvalue weighted by molar-refractivity contribution is 5.98. The van der Waals surface area contributed by atoms with Gasteiger partial charge >= 0.3 is 0 Å². The molecule has 0 aliphatic rings. The molecule has 0 saturated heterocycles. The van der Waals surface area contributed by atoms with Gasteiger partial charge in [0.25, 0.3) is 0 Å².